The SMILES string of the molecule is CC1=NN(C(=O)CSCc2ccc(F)cc2Cl)[C@](O)(C(F)(F)F)C1. The van der Waals surface area contributed by atoms with Crippen LogP contribution in [0.25, 0.3) is 0 Å². The smallest absolute Gasteiger partial charge is 0.362 e. The quantitative estimate of drug-likeness (QED) is 0.807. The second-order valence-corrected chi connectivity index (χ2v) is 6.65. The zero-order valence-electron chi connectivity index (χ0n) is 12.4. The fourth-order valence-electron chi connectivity index (χ4n) is 2.15. The van der Waals surface area contributed by atoms with Crippen molar-refractivity contribution in [1.82, 2.24) is 5.01 Å². The van der Waals surface area contributed by atoms with E-state index in [-0.39, 0.29) is 27.2 Å². The predicted molar refractivity (Wildman–Crippen MR) is 83.1 cm³/mol. The van der Waals surface area contributed by atoms with Crippen molar-refractivity contribution in [3.05, 3.63) is 34.6 Å². The molecular weight excluding hydrogens is 372 g/mol. The van der Waals surface area contributed by atoms with Crippen molar-refractivity contribution in [3.8, 4) is 0 Å². The van der Waals surface area contributed by atoms with Crippen molar-refractivity contribution in [2.45, 2.75) is 31.0 Å². The van der Waals surface area contributed by atoms with E-state index < -0.39 is 30.0 Å². The molecule has 0 saturated heterocycles. The predicted octanol–water partition coefficient (Wildman–Crippen LogP) is 3.57. The largest absolute Gasteiger partial charge is 0.438 e. The van der Waals surface area contributed by atoms with E-state index in [0.717, 1.165) is 17.8 Å². The molecule has 0 bridgehead atoms. The summed E-state index contributed by atoms with van der Waals surface area (Å²) >= 11 is 6.83. The lowest BCUT2D eigenvalue weighted by molar-refractivity contribution is -0.301. The number of halogens is 5. The number of alkyl halides is 3. The third-order valence-corrected chi connectivity index (χ3v) is 4.63. The molecule has 1 amide bonds. The Morgan fingerprint density at radius 3 is 2.75 bits per heavy atom. The Morgan fingerprint density at radius 1 is 1.50 bits per heavy atom. The lowest BCUT2D eigenvalue weighted by atomic mass is 10.1. The van der Waals surface area contributed by atoms with Gasteiger partial charge in [0.05, 0.1) is 5.75 Å². The van der Waals surface area contributed by atoms with Crippen molar-refractivity contribution in [2.24, 2.45) is 5.10 Å². The molecule has 132 valence electrons. The van der Waals surface area contributed by atoms with Gasteiger partial charge in [0.1, 0.15) is 5.82 Å². The van der Waals surface area contributed by atoms with Gasteiger partial charge in [0, 0.05) is 22.9 Å². The van der Waals surface area contributed by atoms with Gasteiger partial charge in [-0.05, 0) is 24.6 Å². The highest BCUT2D eigenvalue weighted by Gasteiger charge is 2.62. The molecule has 24 heavy (non-hydrogen) atoms. The van der Waals surface area contributed by atoms with Gasteiger partial charge in [-0.2, -0.15) is 23.3 Å². The van der Waals surface area contributed by atoms with Gasteiger partial charge >= 0.3 is 6.18 Å². The first kappa shape index (κ1) is 19.0. The van der Waals surface area contributed by atoms with Gasteiger partial charge in [-0.25, -0.2) is 4.39 Å². The molecule has 1 N–H and O–H groups in total. The summed E-state index contributed by atoms with van der Waals surface area (Å²) in [6.45, 7) is 1.30. The number of aliphatic hydroxyl groups is 1. The van der Waals surface area contributed by atoms with Gasteiger partial charge in [-0.1, -0.05) is 17.7 Å². The number of hydrazone groups is 1. The number of carbonyl (C=O) groups is 1. The maximum absolute atomic E-state index is 13.0. The highest BCUT2D eigenvalue weighted by molar-refractivity contribution is 7.99. The van der Waals surface area contributed by atoms with Crippen LogP contribution in [-0.4, -0.2) is 39.4 Å². The minimum absolute atomic E-state index is 0.00903. The van der Waals surface area contributed by atoms with Crippen LogP contribution in [0, 0.1) is 5.82 Å². The van der Waals surface area contributed by atoms with E-state index in [1.165, 1.54) is 19.1 Å². The monoisotopic (exact) mass is 384 g/mol. The third-order valence-electron chi connectivity index (χ3n) is 3.31. The number of nitrogens with zero attached hydrogens (tertiary/aromatic N) is 2. The fraction of sp³-hybridized carbons (Fsp3) is 0.429. The van der Waals surface area contributed by atoms with Gasteiger partial charge in [-0.3, -0.25) is 4.79 Å². The van der Waals surface area contributed by atoms with Crippen LogP contribution < -0.4 is 0 Å². The maximum atomic E-state index is 13.0. The Bertz CT molecular complexity index is 683. The zero-order chi connectivity index (χ0) is 18.1. The van der Waals surface area contributed by atoms with E-state index >= 15 is 0 Å². The summed E-state index contributed by atoms with van der Waals surface area (Å²) in [6.07, 6.45) is -5.80. The summed E-state index contributed by atoms with van der Waals surface area (Å²) in [6, 6.07) is 3.73. The van der Waals surface area contributed by atoms with Crippen molar-refractivity contribution in [2.75, 3.05) is 5.75 Å². The van der Waals surface area contributed by atoms with E-state index in [1.54, 1.807) is 0 Å². The van der Waals surface area contributed by atoms with E-state index in [9.17, 15) is 27.5 Å². The lowest BCUT2D eigenvalue weighted by Crippen LogP contribution is -2.57. The number of thioether (sulfide) groups is 1. The molecule has 0 aromatic heterocycles. The van der Waals surface area contributed by atoms with E-state index in [1.807, 2.05) is 0 Å². The molecule has 0 aliphatic carbocycles. The molecule has 1 aromatic carbocycles. The van der Waals surface area contributed by atoms with Crippen LogP contribution in [0.3, 0.4) is 0 Å². The molecule has 1 aromatic rings. The van der Waals surface area contributed by atoms with Gasteiger partial charge in [0.2, 0.25) is 0 Å². The molecule has 0 radical (unpaired) electrons. The Labute approximate surface area is 144 Å². The molecule has 1 aliphatic heterocycles. The summed E-state index contributed by atoms with van der Waals surface area (Å²) in [5, 5.41) is 13.6. The minimum atomic E-state index is -5.02. The topological polar surface area (TPSA) is 52.9 Å². The number of benzene rings is 1. The van der Waals surface area contributed by atoms with Crippen LogP contribution >= 0.6 is 23.4 Å². The fourth-order valence-corrected chi connectivity index (χ4v) is 3.33. The molecule has 0 spiro atoms. The average molecular weight is 385 g/mol. The molecule has 4 nitrogen and oxygen atoms in total. The summed E-state index contributed by atoms with van der Waals surface area (Å²) in [7, 11) is 0. The molecule has 1 aliphatic rings. The van der Waals surface area contributed by atoms with Crippen LogP contribution in [0.4, 0.5) is 17.6 Å². The normalized spacial score (nSPS) is 21.1. The van der Waals surface area contributed by atoms with Crippen molar-refractivity contribution < 1.29 is 27.5 Å². The average Bonchev–Trinajstić information content (AvgIpc) is 2.77. The van der Waals surface area contributed by atoms with Crippen molar-refractivity contribution >= 4 is 35.0 Å². The van der Waals surface area contributed by atoms with Gasteiger partial charge in [0.25, 0.3) is 11.6 Å². The molecule has 0 fully saturated rings. The van der Waals surface area contributed by atoms with Crippen molar-refractivity contribution in [1.29, 1.82) is 0 Å². The molecule has 1 atom stereocenters. The Kier molecular flexibility index (Phi) is 5.46. The van der Waals surface area contributed by atoms with E-state index in [4.69, 9.17) is 11.6 Å². The van der Waals surface area contributed by atoms with Crippen LogP contribution in [0.2, 0.25) is 5.02 Å². The van der Waals surface area contributed by atoms with Gasteiger partial charge in [-0.15, -0.1) is 11.8 Å². The van der Waals surface area contributed by atoms with Crippen LogP contribution in [-0.2, 0) is 10.5 Å². The number of amides is 1. The summed E-state index contributed by atoms with van der Waals surface area (Å²) in [5.74, 6) is -1.63. The molecule has 0 saturated carbocycles. The zero-order valence-corrected chi connectivity index (χ0v) is 14.0. The Morgan fingerprint density at radius 2 is 2.17 bits per heavy atom. The second kappa shape index (κ2) is 6.89. The summed E-state index contributed by atoms with van der Waals surface area (Å²) in [5.41, 5.74) is -2.76. The van der Waals surface area contributed by atoms with E-state index in [2.05, 4.69) is 5.10 Å². The first-order valence-corrected chi connectivity index (χ1v) is 8.26. The number of rotatable bonds is 4. The lowest BCUT2D eigenvalue weighted by Gasteiger charge is -2.32. The molecule has 1 heterocycles. The molecule has 10 heteroatoms. The highest BCUT2D eigenvalue weighted by atomic mass is 35.5. The van der Waals surface area contributed by atoms with Crippen LogP contribution in [0.5, 0.6) is 0 Å². The second-order valence-electron chi connectivity index (χ2n) is 5.26. The third kappa shape index (κ3) is 3.84. The number of hydrogen-bond acceptors (Lipinski definition) is 4. The molecular formula is C14H13ClF4N2O2S. The Balaban J connectivity index is 2.01. The first-order chi connectivity index (χ1) is 11.0. The summed E-state index contributed by atoms with van der Waals surface area (Å²) in [4.78, 5) is 12.0. The van der Waals surface area contributed by atoms with Crippen molar-refractivity contribution in [3.63, 3.8) is 0 Å². The van der Waals surface area contributed by atoms with E-state index in [0.29, 0.717) is 5.56 Å². The van der Waals surface area contributed by atoms with Gasteiger partial charge in [0.15, 0.2) is 0 Å². The molecule has 0 unspecified atom stereocenters. The molecule has 2 rings (SSSR count). The van der Waals surface area contributed by atoms with Gasteiger partial charge < -0.3 is 5.11 Å². The highest BCUT2D eigenvalue weighted by Crippen LogP contribution is 2.40. The minimum Gasteiger partial charge on any atom is -0.362 e. The Hall–Kier alpha value is -1.32. The number of hydrogen-bond donors (Lipinski definition) is 1. The summed E-state index contributed by atoms with van der Waals surface area (Å²) < 4.78 is 52.0. The maximum Gasteiger partial charge on any atom is 0.438 e. The van der Waals surface area contributed by atoms with Crippen LogP contribution in [0.15, 0.2) is 23.3 Å². The van der Waals surface area contributed by atoms with Crippen LogP contribution in [0.1, 0.15) is 18.9 Å². The standard InChI is InChI=1S/C14H13ClF4N2O2S/c1-8-5-13(23,14(17,18)19)21(20-8)12(22)7-24-6-9-2-3-10(16)4-11(9)15/h2-4,23H,5-7H2,1H3/t13-/m1/s1. The first-order valence-electron chi connectivity index (χ1n) is 6.72. The number of carbonyl (C=O) groups excluding carboxylic acids is 1.